The van der Waals surface area contributed by atoms with Gasteiger partial charge in [0.25, 0.3) is 0 Å². The third kappa shape index (κ3) is 2.18. The van der Waals surface area contributed by atoms with Crippen molar-refractivity contribution >= 4 is 33.1 Å². The maximum atomic E-state index is 5.39. The SMILES string of the molecule is NC(=S)c1ncn(-c2ccc(Br)cn2)n1. The van der Waals surface area contributed by atoms with Crippen molar-refractivity contribution in [3.8, 4) is 5.82 Å². The van der Waals surface area contributed by atoms with Crippen LogP contribution in [0, 0.1) is 0 Å². The molecule has 2 aromatic rings. The molecule has 15 heavy (non-hydrogen) atoms. The average molecular weight is 284 g/mol. The molecular formula is C8H6BrN5S. The smallest absolute Gasteiger partial charge is 0.208 e. The van der Waals surface area contributed by atoms with Crippen LogP contribution in [0.25, 0.3) is 5.82 Å². The second-order valence-electron chi connectivity index (χ2n) is 2.71. The van der Waals surface area contributed by atoms with Crippen LogP contribution in [0.2, 0.25) is 0 Å². The van der Waals surface area contributed by atoms with Gasteiger partial charge in [0.05, 0.1) is 0 Å². The van der Waals surface area contributed by atoms with Gasteiger partial charge in [-0.05, 0) is 28.1 Å². The molecule has 5 nitrogen and oxygen atoms in total. The van der Waals surface area contributed by atoms with Crippen molar-refractivity contribution in [1.29, 1.82) is 0 Å². The molecule has 0 aliphatic carbocycles. The van der Waals surface area contributed by atoms with Crippen LogP contribution in [0.1, 0.15) is 5.82 Å². The van der Waals surface area contributed by atoms with E-state index in [1.807, 2.05) is 12.1 Å². The van der Waals surface area contributed by atoms with Crippen molar-refractivity contribution in [1.82, 2.24) is 19.7 Å². The van der Waals surface area contributed by atoms with E-state index in [2.05, 4.69) is 31.0 Å². The summed E-state index contributed by atoms with van der Waals surface area (Å²) in [5.74, 6) is 1.00. The first-order chi connectivity index (χ1) is 7.16. The van der Waals surface area contributed by atoms with E-state index in [0.29, 0.717) is 11.6 Å². The minimum atomic E-state index is 0.172. The molecule has 0 radical (unpaired) electrons. The van der Waals surface area contributed by atoms with Crippen LogP contribution in [0.3, 0.4) is 0 Å². The molecule has 0 aliphatic heterocycles. The number of halogens is 1. The molecule has 0 saturated carbocycles. The van der Waals surface area contributed by atoms with Crippen molar-refractivity contribution in [2.45, 2.75) is 0 Å². The van der Waals surface area contributed by atoms with E-state index in [0.717, 1.165) is 4.47 Å². The Kier molecular flexibility index (Phi) is 2.74. The van der Waals surface area contributed by atoms with Crippen molar-refractivity contribution in [3.63, 3.8) is 0 Å². The zero-order chi connectivity index (χ0) is 10.8. The fraction of sp³-hybridized carbons (Fsp3) is 0. The van der Waals surface area contributed by atoms with Crippen LogP contribution in [-0.2, 0) is 0 Å². The monoisotopic (exact) mass is 283 g/mol. The maximum absolute atomic E-state index is 5.39. The summed E-state index contributed by atoms with van der Waals surface area (Å²) in [5.41, 5.74) is 5.39. The Balaban J connectivity index is 2.37. The van der Waals surface area contributed by atoms with E-state index in [4.69, 9.17) is 18.0 Å². The van der Waals surface area contributed by atoms with Gasteiger partial charge in [-0.15, -0.1) is 5.10 Å². The molecule has 2 heterocycles. The highest BCUT2D eigenvalue weighted by atomic mass is 79.9. The molecule has 2 rings (SSSR count). The van der Waals surface area contributed by atoms with Gasteiger partial charge in [-0.1, -0.05) is 12.2 Å². The Bertz CT molecular complexity index is 492. The molecule has 7 heteroatoms. The van der Waals surface area contributed by atoms with Gasteiger partial charge in [-0.25, -0.2) is 14.6 Å². The first-order valence-electron chi connectivity index (χ1n) is 4.00. The van der Waals surface area contributed by atoms with Crippen LogP contribution in [-0.4, -0.2) is 24.7 Å². The normalized spacial score (nSPS) is 10.2. The van der Waals surface area contributed by atoms with Gasteiger partial charge in [0, 0.05) is 10.7 Å². The highest BCUT2D eigenvalue weighted by molar-refractivity contribution is 9.10. The van der Waals surface area contributed by atoms with Gasteiger partial charge >= 0.3 is 0 Å². The zero-order valence-corrected chi connectivity index (χ0v) is 9.86. The van der Waals surface area contributed by atoms with Crippen LogP contribution >= 0.6 is 28.1 Å². The molecule has 2 N–H and O–H groups in total. The maximum Gasteiger partial charge on any atom is 0.208 e. The van der Waals surface area contributed by atoms with Crippen LogP contribution in [0.5, 0.6) is 0 Å². The van der Waals surface area contributed by atoms with Crippen LogP contribution in [0.4, 0.5) is 0 Å². The van der Waals surface area contributed by atoms with Crippen LogP contribution < -0.4 is 5.73 Å². The second-order valence-corrected chi connectivity index (χ2v) is 4.07. The quantitative estimate of drug-likeness (QED) is 0.835. The number of rotatable bonds is 2. The van der Waals surface area contributed by atoms with E-state index >= 15 is 0 Å². The lowest BCUT2D eigenvalue weighted by Crippen LogP contribution is -2.12. The number of thiocarbonyl (C=S) groups is 1. The predicted molar refractivity (Wildman–Crippen MR) is 62.7 cm³/mol. The highest BCUT2D eigenvalue weighted by Gasteiger charge is 2.05. The highest BCUT2D eigenvalue weighted by Crippen LogP contribution is 2.09. The van der Waals surface area contributed by atoms with Gasteiger partial charge in [0.15, 0.2) is 5.82 Å². The zero-order valence-electron chi connectivity index (χ0n) is 7.46. The Morgan fingerprint density at radius 2 is 2.20 bits per heavy atom. The molecule has 0 aliphatic rings. The number of pyridine rings is 1. The van der Waals surface area contributed by atoms with E-state index in [9.17, 15) is 0 Å². The number of aromatic nitrogens is 4. The lowest BCUT2D eigenvalue weighted by Gasteiger charge is -1.97. The second kappa shape index (κ2) is 4.03. The first kappa shape index (κ1) is 10.2. The minimum Gasteiger partial charge on any atom is -0.387 e. The molecule has 0 unspecified atom stereocenters. The minimum absolute atomic E-state index is 0.172. The van der Waals surface area contributed by atoms with Gasteiger partial charge in [0.2, 0.25) is 5.82 Å². The third-order valence-electron chi connectivity index (χ3n) is 1.66. The summed E-state index contributed by atoms with van der Waals surface area (Å²) in [6.07, 6.45) is 3.20. The summed E-state index contributed by atoms with van der Waals surface area (Å²) < 4.78 is 2.42. The van der Waals surface area contributed by atoms with E-state index in [1.165, 1.54) is 11.0 Å². The molecule has 0 spiro atoms. The molecule has 0 atom stereocenters. The van der Waals surface area contributed by atoms with Crippen molar-refractivity contribution in [2.24, 2.45) is 5.73 Å². The topological polar surface area (TPSA) is 69.6 Å². The number of nitrogens with two attached hydrogens (primary N) is 1. The van der Waals surface area contributed by atoms with Crippen LogP contribution in [0.15, 0.2) is 29.1 Å². The summed E-state index contributed by atoms with van der Waals surface area (Å²) in [6.45, 7) is 0. The number of hydrogen-bond acceptors (Lipinski definition) is 4. The Morgan fingerprint density at radius 3 is 2.73 bits per heavy atom. The summed E-state index contributed by atoms with van der Waals surface area (Å²) in [7, 11) is 0. The van der Waals surface area contributed by atoms with E-state index in [-0.39, 0.29) is 4.99 Å². The third-order valence-corrected chi connectivity index (χ3v) is 2.31. The fourth-order valence-electron chi connectivity index (χ4n) is 0.990. The molecule has 0 saturated heterocycles. The molecule has 0 aromatic carbocycles. The lowest BCUT2D eigenvalue weighted by molar-refractivity contribution is 0.841. The lowest BCUT2D eigenvalue weighted by atomic mass is 10.5. The molecule has 0 amide bonds. The molecular weight excluding hydrogens is 278 g/mol. The van der Waals surface area contributed by atoms with Gasteiger partial charge in [-0.2, -0.15) is 0 Å². The van der Waals surface area contributed by atoms with E-state index in [1.54, 1.807) is 6.20 Å². The first-order valence-corrected chi connectivity index (χ1v) is 5.20. The van der Waals surface area contributed by atoms with Gasteiger partial charge in [-0.3, -0.25) is 0 Å². The standard InChI is InChI=1S/C8H6BrN5S/c9-5-1-2-6(11-3-5)14-4-12-8(13-14)7(10)15/h1-4H,(H2,10,15). The number of nitrogens with zero attached hydrogens (tertiary/aromatic N) is 4. The molecule has 0 bridgehead atoms. The largest absolute Gasteiger partial charge is 0.387 e. The number of hydrogen-bond donors (Lipinski definition) is 1. The van der Waals surface area contributed by atoms with Gasteiger partial charge < -0.3 is 5.73 Å². The van der Waals surface area contributed by atoms with Crippen molar-refractivity contribution in [2.75, 3.05) is 0 Å². The average Bonchev–Trinajstić information content (AvgIpc) is 2.68. The Hall–Kier alpha value is -1.34. The Morgan fingerprint density at radius 1 is 1.40 bits per heavy atom. The molecule has 76 valence electrons. The summed E-state index contributed by atoms with van der Waals surface area (Å²) >= 11 is 8.06. The van der Waals surface area contributed by atoms with Crippen molar-refractivity contribution < 1.29 is 0 Å². The summed E-state index contributed by atoms with van der Waals surface area (Å²) in [6, 6.07) is 3.67. The summed E-state index contributed by atoms with van der Waals surface area (Å²) in [4.78, 5) is 8.27. The Labute approximate surface area is 99.5 Å². The van der Waals surface area contributed by atoms with Gasteiger partial charge in [0.1, 0.15) is 11.3 Å². The van der Waals surface area contributed by atoms with Crippen molar-refractivity contribution in [3.05, 3.63) is 35.0 Å². The summed E-state index contributed by atoms with van der Waals surface area (Å²) in [5, 5.41) is 4.07. The van der Waals surface area contributed by atoms with E-state index < -0.39 is 0 Å². The fourth-order valence-corrected chi connectivity index (χ4v) is 1.32. The molecule has 2 aromatic heterocycles. The molecule has 0 fully saturated rings. The predicted octanol–water partition coefficient (Wildman–Crippen LogP) is 1.06.